The molecule has 21 heavy (non-hydrogen) atoms. The van der Waals surface area contributed by atoms with Crippen LogP contribution in [0.2, 0.25) is 0 Å². The van der Waals surface area contributed by atoms with Crippen molar-refractivity contribution in [3.63, 3.8) is 0 Å². The summed E-state index contributed by atoms with van der Waals surface area (Å²) in [5, 5.41) is 0. The summed E-state index contributed by atoms with van der Waals surface area (Å²) in [4.78, 5) is 14.4. The van der Waals surface area contributed by atoms with Gasteiger partial charge >= 0.3 is 0 Å². The van der Waals surface area contributed by atoms with Crippen molar-refractivity contribution >= 4 is 5.78 Å². The van der Waals surface area contributed by atoms with Crippen molar-refractivity contribution in [2.45, 2.75) is 19.4 Å². The first-order chi connectivity index (χ1) is 10.2. The number of hydrogen-bond donors (Lipinski definition) is 0. The van der Waals surface area contributed by atoms with E-state index < -0.39 is 0 Å². The van der Waals surface area contributed by atoms with Crippen LogP contribution >= 0.6 is 0 Å². The summed E-state index contributed by atoms with van der Waals surface area (Å²) in [5.74, 6) is -0.229. The molecular weight excluding hydrogens is 265 g/mol. The Balaban J connectivity index is 1.56. The van der Waals surface area contributed by atoms with Gasteiger partial charge in [-0.05, 0) is 41.8 Å². The second-order valence-electron chi connectivity index (χ2n) is 5.47. The van der Waals surface area contributed by atoms with Gasteiger partial charge < -0.3 is 0 Å². The van der Waals surface area contributed by atoms with Crippen molar-refractivity contribution in [3.8, 4) is 0 Å². The molecule has 1 heterocycles. The Labute approximate surface area is 124 Å². The number of carbonyl (C=O) groups is 1. The van der Waals surface area contributed by atoms with Crippen LogP contribution in [-0.2, 0) is 13.0 Å². The molecule has 0 saturated heterocycles. The van der Waals surface area contributed by atoms with Crippen LogP contribution in [-0.4, -0.2) is 23.8 Å². The van der Waals surface area contributed by atoms with E-state index in [9.17, 15) is 9.18 Å². The lowest BCUT2D eigenvalue weighted by atomic mass is 9.99. The number of carbonyl (C=O) groups excluding carboxylic acids is 1. The van der Waals surface area contributed by atoms with Gasteiger partial charge in [-0.25, -0.2) is 4.39 Å². The van der Waals surface area contributed by atoms with Crippen LogP contribution in [0.5, 0.6) is 0 Å². The maximum absolute atomic E-state index is 12.8. The zero-order chi connectivity index (χ0) is 14.7. The molecular formula is C18H18FNO. The summed E-state index contributed by atoms with van der Waals surface area (Å²) in [5.41, 5.74) is 3.37. The van der Waals surface area contributed by atoms with Gasteiger partial charge in [0.1, 0.15) is 5.82 Å². The van der Waals surface area contributed by atoms with Crippen LogP contribution < -0.4 is 0 Å². The second kappa shape index (κ2) is 6.19. The van der Waals surface area contributed by atoms with Crippen molar-refractivity contribution in [1.82, 2.24) is 4.90 Å². The Bertz CT molecular complexity index is 636. The van der Waals surface area contributed by atoms with Gasteiger partial charge in [-0.2, -0.15) is 0 Å². The van der Waals surface area contributed by atoms with Crippen molar-refractivity contribution in [2.24, 2.45) is 0 Å². The number of rotatable bonds is 4. The molecule has 0 atom stereocenters. The Kier molecular flexibility index (Phi) is 4.11. The molecule has 0 fully saturated rings. The van der Waals surface area contributed by atoms with Gasteiger partial charge in [-0.15, -0.1) is 0 Å². The highest BCUT2D eigenvalue weighted by atomic mass is 19.1. The number of halogens is 1. The standard InChI is InChI=1S/C18H18FNO/c19-17-7-5-15(6-8-17)18(21)10-12-20-11-9-14-3-1-2-4-16(14)13-20/h1-8H,9-13H2. The number of nitrogens with zero attached hydrogens (tertiary/aromatic N) is 1. The molecule has 0 aliphatic carbocycles. The molecule has 0 bridgehead atoms. The molecule has 0 spiro atoms. The molecule has 0 N–H and O–H groups in total. The van der Waals surface area contributed by atoms with Gasteiger partial charge in [0.25, 0.3) is 0 Å². The third-order valence-corrected chi connectivity index (χ3v) is 4.03. The summed E-state index contributed by atoms with van der Waals surface area (Å²) >= 11 is 0. The van der Waals surface area contributed by atoms with Gasteiger partial charge in [-0.1, -0.05) is 24.3 Å². The van der Waals surface area contributed by atoms with Gasteiger partial charge in [-0.3, -0.25) is 9.69 Å². The lowest BCUT2D eigenvalue weighted by Crippen LogP contribution is -2.32. The third-order valence-electron chi connectivity index (χ3n) is 4.03. The average molecular weight is 283 g/mol. The van der Waals surface area contributed by atoms with Crippen LogP contribution in [0.1, 0.15) is 27.9 Å². The van der Waals surface area contributed by atoms with Crippen LogP contribution in [0, 0.1) is 5.82 Å². The minimum atomic E-state index is -0.306. The van der Waals surface area contributed by atoms with Crippen molar-refractivity contribution in [2.75, 3.05) is 13.1 Å². The normalized spacial score (nSPS) is 14.7. The number of Topliss-reactive ketones (excluding diaryl/α,β-unsaturated/α-hetero) is 1. The predicted molar refractivity (Wildman–Crippen MR) is 80.8 cm³/mol. The zero-order valence-electron chi connectivity index (χ0n) is 11.9. The summed E-state index contributed by atoms with van der Waals surface area (Å²) < 4.78 is 12.8. The summed E-state index contributed by atoms with van der Waals surface area (Å²) in [6, 6.07) is 14.3. The topological polar surface area (TPSA) is 20.3 Å². The molecule has 2 aromatic carbocycles. The minimum absolute atomic E-state index is 0.0776. The molecule has 0 amide bonds. The quantitative estimate of drug-likeness (QED) is 0.801. The number of benzene rings is 2. The Hall–Kier alpha value is -2.00. The maximum Gasteiger partial charge on any atom is 0.164 e. The van der Waals surface area contributed by atoms with E-state index in [0.29, 0.717) is 12.0 Å². The van der Waals surface area contributed by atoms with Gasteiger partial charge in [0.15, 0.2) is 5.78 Å². The summed E-state index contributed by atoms with van der Waals surface area (Å²) in [6.07, 6.45) is 1.52. The second-order valence-corrected chi connectivity index (χ2v) is 5.47. The first-order valence-electron chi connectivity index (χ1n) is 7.30. The Morgan fingerprint density at radius 2 is 1.76 bits per heavy atom. The highest BCUT2D eigenvalue weighted by Gasteiger charge is 2.16. The monoisotopic (exact) mass is 283 g/mol. The van der Waals surface area contributed by atoms with E-state index in [4.69, 9.17) is 0 Å². The van der Waals surface area contributed by atoms with Crippen molar-refractivity contribution in [3.05, 3.63) is 71.0 Å². The SMILES string of the molecule is O=C(CCN1CCc2ccccc2C1)c1ccc(F)cc1. The van der Waals surface area contributed by atoms with Crippen LogP contribution in [0.4, 0.5) is 4.39 Å². The van der Waals surface area contributed by atoms with Crippen molar-refractivity contribution < 1.29 is 9.18 Å². The first-order valence-corrected chi connectivity index (χ1v) is 7.30. The molecule has 2 aromatic rings. The molecule has 1 aliphatic rings. The van der Waals surface area contributed by atoms with E-state index in [1.807, 2.05) is 0 Å². The highest BCUT2D eigenvalue weighted by molar-refractivity contribution is 5.96. The predicted octanol–water partition coefficient (Wildman–Crippen LogP) is 3.46. The summed E-state index contributed by atoms with van der Waals surface area (Å²) in [6.45, 7) is 2.66. The number of hydrogen-bond acceptors (Lipinski definition) is 2. The molecule has 108 valence electrons. The van der Waals surface area contributed by atoms with E-state index in [0.717, 1.165) is 26.1 Å². The lowest BCUT2D eigenvalue weighted by molar-refractivity contribution is 0.0960. The molecule has 3 heteroatoms. The fourth-order valence-electron chi connectivity index (χ4n) is 2.78. The maximum atomic E-state index is 12.8. The van der Waals surface area contributed by atoms with Crippen LogP contribution in [0.15, 0.2) is 48.5 Å². The fourth-order valence-corrected chi connectivity index (χ4v) is 2.78. The first kappa shape index (κ1) is 14.0. The van der Waals surface area contributed by atoms with E-state index in [-0.39, 0.29) is 11.6 Å². The summed E-state index contributed by atoms with van der Waals surface area (Å²) in [7, 11) is 0. The molecule has 0 radical (unpaired) electrons. The largest absolute Gasteiger partial charge is 0.298 e. The highest BCUT2D eigenvalue weighted by Crippen LogP contribution is 2.18. The molecule has 1 aliphatic heterocycles. The van der Waals surface area contributed by atoms with Crippen molar-refractivity contribution in [1.29, 1.82) is 0 Å². The molecule has 3 rings (SSSR count). The van der Waals surface area contributed by atoms with Crippen LogP contribution in [0.3, 0.4) is 0 Å². The van der Waals surface area contributed by atoms with E-state index in [1.54, 1.807) is 12.1 Å². The van der Waals surface area contributed by atoms with Crippen LogP contribution in [0.25, 0.3) is 0 Å². The zero-order valence-corrected chi connectivity index (χ0v) is 11.9. The lowest BCUT2D eigenvalue weighted by Gasteiger charge is -2.28. The van der Waals surface area contributed by atoms with Gasteiger partial charge in [0, 0.05) is 31.6 Å². The smallest absolute Gasteiger partial charge is 0.164 e. The van der Waals surface area contributed by atoms with E-state index in [1.165, 1.54) is 23.3 Å². The number of fused-ring (bicyclic) bond motifs is 1. The molecule has 2 nitrogen and oxygen atoms in total. The van der Waals surface area contributed by atoms with Gasteiger partial charge in [0.2, 0.25) is 0 Å². The Morgan fingerprint density at radius 1 is 1.05 bits per heavy atom. The van der Waals surface area contributed by atoms with Gasteiger partial charge in [0.05, 0.1) is 0 Å². The molecule has 0 saturated carbocycles. The van der Waals surface area contributed by atoms with E-state index in [2.05, 4.69) is 29.2 Å². The fraction of sp³-hybridized carbons (Fsp3) is 0.278. The third kappa shape index (κ3) is 3.37. The van der Waals surface area contributed by atoms with E-state index >= 15 is 0 Å². The minimum Gasteiger partial charge on any atom is -0.298 e. The average Bonchev–Trinajstić information content (AvgIpc) is 2.53. The Morgan fingerprint density at radius 3 is 2.52 bits per heavy atom. The molecule has 0 unspecified atom stereocenters. The molecule has 0 aromatic heterocycles. The number of ketones is 1.